The number of piperidine rings is 1. The summed E-state index contributed by atoms with van der Waals surface area (Å²) in [5.41, 5.74) is 0. The summed E-state index contributed by atoms with van der Waals surface area (Å²) < 4.78 is 0. The molecule has 2 aliphatic rings. The standard InChI is InChI=1S/C10H14N2O/c11-7-12-4-3-8-5-10(13)2-1-9(8)6-12/h8-9H,1-6H2/t8-,9-/m0/s1. The van der Waals surface area contributed by atoms with Gasteiger partial charge in [-0.3, -0.25) is 4.79 Å². The summed E-state index contributed by atoms with van der Waals surface area (Å²) in [7, 11) is 0. The normalized spacial score (nSPS) is 33.8. The van der Waals surface area contributed by atoms with Crippen LogP contribution >= 0.6 is 0 Å². The molecule has 0 radical (unpaired) electrons. The molecule has 2 atom stereocenters. The van der Waals surface area contributed by atoms with E-state index in [9.17, 15) is 4.79 Å². The van der Waals surface area contributed by atoms with Crippen LogP contribution in [0.2, 0.25) is 0 Å². The van der Waals surface area contributed by atoms with Gasteiger partial charge in [0.15, 0.2) is 6.19 Å². The number of nitriles is 1. The molecule has 0 N–H and O–H groups in total. The minimum Gasteiger partial charge on any atom is -0.310 e. The highest BCUT2D eigenvalue weighted by Crippen LogP contribution is 2.34. The van der Waals surface area contributed by atoms with Crippen molar-refractivity contribution < 1.29 is 4.79 Å². The predicted octanol–water partition coefficient (Wildman–Crippen LogP) is 1.16. The van der Waals surface area contributed by atoms with Crippen molar-refractivity contribution in [2.45, 2.75) is 25.7 Å². The van der Waals surface area contributed by atoms with Crippen LogP contribution in [0.3, 0.4) is 0 Å². The van der Waals surface area contributed by atoms with Gasteiger partial charge < -0.3 is 4.90 Å². The minimum absolute atomic E-state index is 0.423. The van der Waals surface area contributed by atoms with Crippen LogP contribution in [0.15, 0.2) is 0 Å². The van der Waals surface area contributed by atoms with Gasteiger partial charge in [-0.2, -0.15) is 5.26 Å². The fourth-order valence-corrected chi connectivity index (χ4v) is 2.51. The Balaban J connectivity index is 1.98. The van der Waals surface area contributed by atoms with Gasteiger partial charge in [0.25, 0.3) is 0 Å². The molecule has 0 aromatic heterocycles. The zero-order valence-corrected chi connectivity index (χ0v) is 7.70. The molecular formula is C10H14N2O. The first-order chi connectivity index (χ1) is 6.29. The number of hydrogen-bond donors (Lipinski definition) is 0. The molecule has 2 rings (SSSR count). The van der Waals surface area contributed by atoms with Gasteiger partial charge in [-0.1, -0.05) is 0 Å². The lowest BCUT2D eigenvalue weighted by atomic mass is 9.75. The molecule has 13 heavy (non-hydrogen) atoms. The van der Waals surface area contributed by atoms with Crippen molar-refractivity contribution in [1.82, 2.24) is 4.90 Å². The topological polar surface area (TPSA) is 44.1 Å². The van der Waals surface area contributed by atoms with E-state index in [0.29, 0.717) is 17.6 Å². The highest BCUT2D eigenvalue weighted by molar-refractivity contribution is 5.79. The maximum Gasteiger partial charge on any atom is 0.179 e. The number of fused-ring (bicyclic) bond motifs is 1. The Morgan fingerprint density at radius 3 is 3.00 bits per heavy atom. The van der Waals surface area contributed by atoms with E-state index in [0.717, 1.165) is 38.8 Å². The molecular weight excluding hydrogens is 164 g/mol. The maximum absolute atomic E-state index is 11.2. The SMILES string of the molecule is N#CN1CC[C@H]2CC(=O)CC[C@H]2C1. The van der Waals surface area contributed by atoms with Gasteiger partial charge in [-0.05, 0) is 24.7 Å². The number of nitrogens with zero attached hydrogens (tertiary/aromatic N) is 2. The van der Waals surface area contributed by atoms with Crippen molar-refractivity contribution in [2.24, 2.45) is 11.8 Å². The molecule has 0 bridgehead atoms. The molecule has 1 aliphatic heterocycles. The Kier molecular flexibility index (Phi) is 2.22. The van der Waals surface area contributed by atoms with Gasteiger partial charge in [0.1, 0.15) is 5.78 Å². The summed E-state index contributed by atoms with van der Waals surface area (Å²) in [6, 6.07) is 0. The third-order valence-electron chi connectivity index (χ3n) is 3.32. The van der Waals surface area contributed by atoms with Crippen molar-refractivity contribution in [2.75, 3.05) is 13.1 Å². The van der Waals surface area contributed by atoms with Gasteiger partial charge in [0.2, 0.25) is 0 Å². The van der Waals surface area contributed by atoms with E-state index in [4.69, 9.17) is 5.26 Å². The molecule has 70 valence electrons. The second-order valence-corrected chi connectivity index (χ2v) is 4.14. The van der Waals surface area contributed by atoms with Crippen LogP contribution in [0.1, 0.15) is 25.7 Å². The Morgan fingerprint density at radius 2 is 2.23 bits per heavy atom. The number of Topliss-reactive ketones (excluding diaryl/α,β-unsaturated/α-hetero) is 1. The zero-order valence-electron chi connectivity index (χ0n) is 7.70. The average Bonchev–Trinajstić information content (AvgIpc) is 2.17. The largest absolute Gasteiger partial charge is 0.310 e. The third-order valence-corrected chi connectivity index (χ3v) is 3.32. The molecule has 0 amide bonds. The van der Waals surface area contributed by atoms with E-state index < -0.39 is 0 Å². The number of rotatable bonds is 0. The summed E-state index contributed by atoms with van der Waals surface area (Å²) in [6.07, 6.45) is 5.73. The van der Waals surface area contributed by atoms with Gasteiger partial charge in [0, 0.05) is 25.9 Å². The zero-order chi connectivity index (χ0) is 9.26. The van der Waals surface area contributed by atoms with Crippen molar-refractivity contribution in [3.63, 3.8) is 0 Å². The Hall–Kier alpha value is -1.04. The first kappa shape index (κ1) is 8.55. The first-order valence-corrected chi connectivity index (χ1v) is 4.96. The van der Waals surface area contributed by atoms with E-state index in [2.05, 4.69) is 6.19 Å². The summed E-state index contributed by atoms with van der Waals surface area (Å²) in [4.78, 5) is 13.0. The van der Waals surface area contributed by atoms with Crippen molar-refractivity contribution in [3.05, 3.63) is 0 Å². The van der Waals surface area contributed by atoms with E-state index in [-0.39, 0.29) is 0 Å². The van der Waals surface area contributed by atoms with Crippen molar-refractivity contribution in [1.29, 1.82) is 5.26 Å². The highest BCUT2D eigenvalue weighted by atomic mass is 16.1. The molecule has 1 heterocycles. The van der Waals surface area contributed by atoms with Crippen LogP contribution in [-0.2, 0) is 4.79 Å². The molecule has 3 heteroatoms. The third kappa shape index (κ3) is 1.67. The minimum atomic E-state index is 0.423. The Morgan fingerprint density at radius 1 is 1.38 bits per heavy atom. The molecule has 3 nitrogen and oxygen atoms in total. The predicted molar refractivity (Wildman–Crippen MR) is 47.6 cm³/mol. The van der Waals surface area contributed by atoms with Gasteiger partial charge >= 0.3 is 0 Å². The van der Waals surface area contributed by atoms with Crippen LogP contribution < -0.4 is 0 Å². The second kappa shape index (κ2) is 3.37. The molecule has 2 fully saturated rings. The fourth-order valence-electron chi connectivity index (χ4n) is 2.51. The number of carbonyl (C=O) groups excluding carboxylic acids is 1. The van der Waals surface area contributed by atoms with E-state index >= 15 is 0 Å². The van der Waals surface area contributed by atoms with Crippen LogP contribution in [0.25, 0.3) is 0 Å². The molecule has 0 aromatic carbocycles. The van der Waals surface area contributed by atoms with Crippen LogP contribution in [-0.4, -0.2) is 23.8 Å². The first-order valence-electron chi connectivity index (χ1n) is 4.96. The van der Waals surface area contributed by atoms with Crippen LogP contribution in [0.4, 0.5) is 0 Å². The summed E-state index contributed by atoms with van der Waals surface area (Å²) in [6.45, 7) is 1.74. The number of ketones is 1. The smallest absolute Gasteiger partial charge is 0.179 e. The maximum atomic E-state index is 11.2. The van der Waals surface area contributed by atoms with Gasteiger partial charge in [-0.25, -0.2) is 0 Å². The number of hydrogen-bond acceptors (Lipinski definition) is 3. The lowest BCUT2D eigenvalue weighted by Crippen LogP contribution is -2.40. The molecule has 0 aromatic rings. The van der Waals surface area contributed by atoms with E-state index in [1.54, 1.807) is 0 Å². The van der Waals surface area contributed by atoms with Crippen molar-refractivity contribution >= 4 is 5.78 Å². The number of likely N-dealkylation sites (tertiary alicyclic amines) is 1. The summed E-state index contributed by atoms with van der Waals surface area (Å²) in [5, 5.41) is 8.74. The second-order valence-electron chi connectivity index (χ2n) is 4.14. The highest BCUT2D eigenvalue weighted by Gasteiger charge is 2.33. The lowest BCUT2D eigenvalue weighted by Gasteiger charge is -2.38. The molecule has 1 aliphatic carbocycles. The Bertz CT molecular complexity index is 256. The van der Waals surface area contributed by atoms with E-state index in [1.807, 2.05) is 4.90 Å². The lowest BCUT2D eigenvalue weighted by molar-refractivity contribution is -0.123. The van der Waals surface area contributed by atoms with Crippen LogP contribution in [0.5, 0.6) is 0 Å². The molecule has 0 spiro atoms. The Labute approximate surface area is 78.3 Å². The fraction of sp³-hybridized carbons (Fsp3) is 0.800. The average molecular weight is 178 g/mol. The van der Waals surface area contributed by atoms with Crippen molar-refractivity contribution in [3.8, 4) is 6.19 Å². The quantitative estimate of drug-likeness (QED) is 0.523. The molecule has 0 unspecified atom stereocenters. The molecule has 1 saturated heterocycles. The monoisotopic (exact) mass is 178 g/mol. The molecule has 1 saturated carbocycles. The summed E-state index contributed by atoms with van der Waals surface area (Å²) in [5.74, 6) is 1.60. The van der Waals surface area contributed by atoms with E-state index in [1.165, 1.54) is 0 Å². The van der Waals surface area contributed by atoms with Crippen LogP contribution in [0, 0.1) is 23.3 Å². The summed E-state index contributed by atoms with van der Waals surface area (Å²) >= 11 is 0. The van der Waals surface area contributed by atoms with Gasteiger partial charge in [-0.15, -0.1) is 0 Å². The van der Waals surface area contributed by atoms with Gasteiger partial charge in [0.05, 0.1) is 0 Å². The number of carbonyl (C=O) groups is 1.